The van der Waals surface area contributed by atoms with Crippen molar-refractivity contribution in [2.45, 2.75) is 33.1 Å². The number of amides is 1. The van der Waals surface area contributed by atoms with Crippen LogP contribution in [0.4, 0.5) is 5.13 Å². The van der Waals surface area contributed by atoms with E-state index in [4.69, 9.17) is 4.74 Å². The summed E-state index contributed by atoms with van der Waals surface area (Å²) in [5.41, 5.74) is 1.48. The number of nitrogens with one attached hydrogen (secondary N) is 1. The maximum Gasteiger partial charge on any atom is 0.264 e. The zero-order valence-corrected chi connectivity index (χ0v) is 14.2. The molecule has 0 saturated heterocycles. The fourth-order valence-corrected chi connectivity index (χ4v) is 2.49. The number of nitrogens with zero attached hydrogens (tertiary/aromatic N) is 3. The Labute approximate surface area is 138 Å². The smallest absolute Gasteiger partial charge is 0.264 e. The highest BCUT2D eigenvalue weighted by Gasteiger charge is 2.16. The third-order valence-electron chi connectivity index (χ3n) is 3.09. The molecule has 0 fully saturated rings. The Morgan fingerprint density at radius 2 is 2.22 bits per heavy atom. The van der Waals surface area contributed by atoms with Gasteiger partial charge in [0.1, 0.15) is 5.82 Å². The molecular formula is C15H20N4O3S. The molecule has 8 heteroatoms. The van der Waals surface area contributed by atoms with Crippen molar-refractivity contribution in [1.82, 2.24) is 15.0 Å². The Bertz CT molecular complexity index is 659. The number of aliphatic hydroxyl groups excluding tert-OH is 1. The van der Waals surface area contributed by atoms with E-state index in [0.29, 0.717) is 23.3 Å². The molecule has 2 N–H and O–H groups in total. The van der Waals surface area contributed by atoms with Crippen molar-refractivity contribution in [3.8, 4) is 5.88 Å². The topological polar surface area (TPSA) is 97.2 Å². The van der Waals surface area contributed by atoms with Gasteiger partial charge in [0.2, 0.25) is 5.88 Å². The summed E-state index contributed by atoms with van der Waals surface area (Å²) in [6.45, 7) is 5.61. The highest BCUT2D eigenvalue weighted by atomic mass is 32.1. The van der Waals surface area contributed by atoms with E-state index in [9.17, 15) is 9.90 Å². The summed E-state index contributed by atoms with van der Waals surface area (Å²) in [6.07, 6.45) is 2.00. The summed E-state index contributed by atoms with van der Waals surface area (Å²) in [4.78, 5) is 24.7. The van der Waals surface area contributed by atoms with E-state index in [1.54, 1.807) is 11.6 Å². The molecule has 2 rings (SSSR count). The van der Waals surface area contributed by atoms with Crippen LogP contribution < -0.4 is 10.1 Å². The minimum Gasteiger partial charge on any atom is -0.467 e. The number of hydrogen-bond acceptors (Lipinski definition) is 7. The largest absolute Gasteiger partial charge is 0.467 e. The number of thiazole rings is 1. The molecule has 0 aromatic carbocycles. The predicted octanol–water partition coefficient (Wildman–Crippen LogP) is 1.92. The number of carbonyl (C=O) groups is 1. The number of aromatic nitrogens is 3. The van der Waals surface area contributed by atoms with E-state index in [2.05, 4.69) is 20.3 Å². The lowest BCUT2D eigenvalue weighted by Gasteiger charge is -2.14. The summed E-state index contributed by atoms with van der Waals surface area (Å²) >= 11 is 1.34. The Hall–Kier alpha value is -2.06. The molecule has 0 radical (unpaired) electrons. The molecule has 23 heavy (non-hydrogen) atoms. The van der Waals surface area contributed by atoms with Gasteiger partial charge in [0.25, 0.3) is 5.91 Å². The molecule has 0 unspecified atom stereocenters. The first-order valence-electron chi connectivity index (χ1n) is 7.31. The minimum atomic E-state index is -0.308. The van der Waals surface area contributed by atoms with Crippen LogP contribution in [0.2, 0.25) is 0 Å². The molecule has 2 heterocycles. The van der Waals surface area contributed by atoms with Crippen LogP contribution in [-0.2, 0) is 11.2 Å². The van der Waals surface area contributed by atoms with Gasteiger partial charge in [-0.2, -0.15) is 4.98 Å². The normalized spacial score (nSPS) is 10.8. The van der Waals surface area contributed by atoms with Crippen molar-refractivity contribution in [1.29, 1.82) is 0 Å². The van der Waals surface area contributed by atoms with Crippen LogP contribution in [0.15, 0.2) is 11.6 Å². The van der Waals surface area contributed by atoms with E-state index in [-0.39, 0.29) is 25.0 Å². The van der Waals surface area contributed by atoms with Crippen molar-refractivity contribution in [3.63, 3.8) is 0 Å². The average molecular weight is 336 g/mol. The van der Waals surface area contributed by atoms with E-state index >= 15 is 0 Å². The van der Waals surface area contributed by atoms with Crippen molar-refractivity contribution >= 4 is 22.4 Å². The fraction of sp³-hybridized carbons (Fsp3) is 0.467. The average Bonchev–Trinajstić information content (AvgIpc) is 3.00. The second-order valence-corrected chi connectivity index (χ2v) is 6.15. The number of aliphatic hydroxyl groups is 1. The standard InChI is InChI=1S/C15H20N4O3S/c1-9(2)13-17-10(3)11(4-6-20)14(19-13)22-8-12(21)18-15-16-5-7-23-15/h5,7,9,20H,4,6,8H2,1-3H3,(H,16,18,21). The van der Waals surface area contributed by atoms with E-state index in [1.165, 1.54) is 11.3 Å². The zero-order valence-electron chi connectivity index (χ0n) is 13.4. The lowest BCUT2D eigenvalue weighted by atomic mass is 10.1. The van der Waals surface area contributed by atoms with Crippen molar-refractivity contribution < 1.29 is 14.6 Å². The molecule has 0 saturated carbocycles. The van der Waals surface area contributed by atoms with Crippen LogP contribution in [0.3, 0.4) is 0 Å². The molecule has 1 amide bonds. The first-order valence-corrected chi connectivity index (χ1v) is 8.19. The Balaban J connectivity index is 2.11. The van der Waals surface area contributed by atoms with Gasteiger partial charge in [0.15, 0.2) is 11.7 Å². The molecule has 7 nitrogen and oxygen atoms in total. The van der Waals surface area contributed by atoms with Gasteiger partial charge in [-0.25, -0.2) is 9.97 Å². The highest BCUT2D eigenvalue weighted by molar-refractivity contribution is 7.13. The van der Waals surface area contributed by atoms with Crippen LogP contribution in [-0.4, -0.2) is 39.2 Å². The first kappa shape index (κ1) is 17.3. The lowest BCUT2D eigenvalue weighted by molar-refractivity contribution is -0.118. The molecule has 0 aliphatic rings. The van der Waals surface area contributed by atoms with Gasteiger partial charge in [0, 0.05) is 41.8 Å². The van der Waals surface area contributed by atoms with Gasteiger partial charge in [-0.1, -0.05) is 13.8 Å². The summed E-state index contributed by atoms with van der Waals surface area (Å²) in [7, 11) is 0. The predicted molar refractivity (Wildman–Crippen MR) is 87.9 cm³/mol. The van der Waals surface area contributed by atoms with Gasteiger partial charge in [-0.3, -0.25) is 10.1 Å². The number of rotatable bonds is 7. The summed E-state index contributed by atoms with van der Waals surface area (Å²) in [6, 6.07) is 0. The van der Waals surface area contributed by atoms with Crippen LogP contribution in [0.1, 0.15) is 36.8 Å². The molecular weight excluding hydrogens is 316 g/mol. The Kier molecular flexibility index (Phi) is 6.00. The fourth-order valence-electron chi connectivity index (χ4n) is 1.94. The number of aryl methyl sites for hydroxylation is 1. The zero-order chi connectivity index (χ0) is 16.8. The molecule has 2 aromatic rings. The van der Waals surface area contributed by atoms with Crippen LogP contribution in [0.25, 0.3) is 0 Å². The van der Waals surface area contributed by atoms with Crippen molar-refractivity contribution in [2.24, 2.45) is 0 Å². The number of carbonyl (C=O) groups excluding carboxylic acids is 1. The number of ether oxygens (including phenoxy) is 1. The quantitative estimate of drug-likeness (QED) is 0.802. The highest BCUT2D eigenvalue weighted by Crippen LogP contribution is 2.22. The SMILES string of the molecule is Cc1nc(C(C)C)nc(OCC(=O)Nc2nccs2)c1CCO. The number of anilines is 1. The van der Waals surface area contributed by atoms with E-state index in [1.807, 2.05) is 20.8 Å². The van der Waals surface area contributed by atoms with Gasteiger partial charge >= 0.3 is 0 Å². The summed E-state index contributed by atoms with van der Waals surface area (Å²) < 4.78 is 5.57. The van der Waals surface area contributed by atoms with Crippen molar-refractivity contribution in [3.05, 3.63) is 28.7 Å². The second kappa shape index (κ2) is 7.98. The third kappa shape index (κ3) is 4.70. The second-order valence-electron chi connectivity index (χ2n) is 5.25. The van der Waals surface area contributed by atoms with Gasteiger partial charge < -0.3 is 9.84 Å². The first-order chi connectivity index (χ1) is 11.0. The third-order valence-corrected chi connectivity index (χ3v) is 3.78. The molecule has 0 aliphatic carbocycles. The van der Waals surface area contributed by atoms with Crippen LogP contribution in [0.5, 0.6) is 5.88 Å². The summed E-state index contributed by atoms with van der Waals surface area (Å²) in [5, 5.41) is 14.1. The van der Waals surface area contributed by atoms with E-state index < -0.39 is 0 Å². The molecule has 2 aromatic heterocycles. The monoisotopic (exact) mass is 336 g/mol. The number of hydrogen-bond donors (Lipinski definition) is 2. The molecule has 0 bridgehead atoms. The molecule has 0 atom stereocenters. The van der Waals surface area contributed by atoms with E-state index in [0.717, 1.165) is 11.3 Å². The van der Waals surface area contributed by atoms with Crippen LogP contribution in [0, 0.1) is 6.92 Å². The van der Waals surface area contributed by atoms with Gasteiger partial charge in [-0.15, -0.1) is 11.3 Å². The minimum absolute atomic E-state index is 0.0348. The van der Waals surface area contributed by atoms with Crippen molar-refractivity contribution in [2.75, 3.05) is 18.5 Å². The maximum absolute atomic E-state index is 11.9. The summed E-state index contributed by atoms with van der Waals surface area (Å²) in [5.74, 6) is 0.838. The molecule has 124 valence electrons. The molecule has 0 aliphatic heterocycles. The molecule has 0 spiro atoms. The van der Waals surface area contributed by atoms with Crippen LogP contribution >= 0.6 is 11.3 Å². The Morgan fingerprint density at radius 3 is 2.83 bits per heavy atom. The lowest BCUT2D eigenvalue weighted by Crippen LogP contribution is -2.21. The maximum atomic E-state index is 11.9. The van der Waals surface area contributed by atoms with Gasteiger partial charge in [0.05, 0.1) is 0 Å². The Morgan fingerprint density at radius 1 is 1.43 bits per heavy atom. The van der Waals surface area contributed by atoms with Gasteiger partial charge in [-0.05, 0) is 6.92 Å².